The SMILES string of the molecule is COC(=Nc1ccc(C#N)c(C(F)(F)F)c1)C1(C)CC(C(F)(F)F)N=N1. The smallest absolute Gasteiger partial charge is 0.417 e. The van der Waals surface area contributed by atoms with E-state index in [2.05, 4.69) is 15.2 Å². The second kappa shape index (κ2) is 6.59. The van der Waals surface area contributed by atoms with E-state index in [1.807, 2.05) is 0 Å². The van der Waals surface area contributed by atoms with Crippen LogP contribution in [0.5, 0.6) is 0 Å². The second-order valence-corrected chi connectivity index (χ2v) is 5.71. The van der Waals surface area contributed by atoms with Crippen LogP contribution < -0.4 is 0 Å². The van der Waals surface area contributed by atoms with E-state index >= 15 is 0 Å². The summed E-state index contributed by atoms with van der Waals surface area (Å²) in [6, 6.07) is 2.05. The Bertz CT molecular complexity index is 793. The molecule has 1 aliphatic heterocycles. The lowest BCUT2D eigenvalue weighted by Crippen LogP contribution is -2.37. The van der Waals surface area contributed by atoms with Gasteiger partial charge in [0.2, 0.25) is 5.90 Å². The molecular formula is C15H12F6N4O. The van der Waals surface area contributed by atoms with Crippen molar-refractivity contribution in [3.63, 3.8) is 0 Å². The zero-order valence-electron chi connectivity index (χ0n) is 13.5. The third kappa shape index (κ3) is 3.95. The van der Waals surface area contributed by atoms with Crippen LogP contribution in [0, 0.1) is 11.3 Å². The maximum Gasteiger partial charge on any atom is 0.417 e. The van der Waals surface area contributed by atoms with Crippen molar-refractivity contribution in [1.82, 2.24) is 0 Å². The molecule has 1 aromatic rings. The Balaban J connectivity index is 2.42. The first-order valence-corrected chi connectivity index (χ1v) is 7.14. The van der Waals surface area contributed by atoms with Gasteiger partial charge < -0.3 is 4.74 Å². The highest BCUT2D eigenvalue weighted by Gasteiger charge is 2.51. The molecule has 0 saturated heterocycles. The number of alkyl halides is 6. The average Bonchev–Trinajstić information content (AvgIpc) is 2.95. The molecule has 0 amide bonds. The molecule has 1 aliphatic rings. The number of methoxy groups -OCH3 is 1. The molecule has 0 aromatic heterocycles. The summed E-state index contributed by atoms with van der Waals surface area (Å²) in [6.07, 6.45) is -9.97. The number of nitrogens with zero attached hydrogens (tertiary/aromatic N) is 4. The number of aliphatic imine (C=N–C) groups is 1. The quantitative estimate of drug-likeness (QED) is 0.421. The molecule has 1 heterocycles. The van der Waals surface area contributed by atoms with Crippen LogP contribution in [-0.4, -0.2) is 30.8 Å². The number of azo groups is 1. The molecule has 26 heavy (non-hydrogen) atoms. The minimum atomic E-state index is -4.79. The minimum Gasteiger partial charge on any atom is -0.482 e. The molecular weight excluding hydrogens is 366 g/mol. The minimum absolute atomic E-state index is 0.236. The van der Waals surface area contributed by atoms with E-state index in [-0.39, 0.29) is 11.6 Å². The van der Waals surface area contributed by atoms with E-state index in [1.54, 1.807) is 0 Å². The zero-order chi connectivity index (χ0) is 19.8. The number of nitriles is 1. The van der Waals surface area contributed by atoms with Crippen LogP contribution in [0.3, 0.4) is 0 Å². The van der Waals surface area contributed by atoms with Gasteiger partial charge in [-0.25, -0.2) is 4.99 Å². The molecule has 2 atom stereocenters. The first-order valence-electron chi connectivity index (χ1n) is 7.14. The van der Waals surface area contributed by atoms with Crippen LogP contribution in [-0.2, 0) is 10.9 Å². The van der Waals surface area contributed by atoms with Crippen LogP contribution in [0.1, 0.15) is 24.5 Å². The Hall–Kier alpha value is -2.64. The Kier molecular flexibility index (Phi) is 4.98. The Labute approximate surface area is 144 Å². The fourth-order valence-corrected chi connectivity index (χ4v) is 2.40. The number of halogens is 6. The number of hydrogen-bond acceptors (Lipinski definition) is 5. The molecule has 0 fully saturated rings. The first kappa shape index (κ1) is 19.7. The van der Waals surface area contributed by atoms with E-state index in [4.69, 9.17) is 10.00 Å². The van der Waals surface area contributed by atoms with Crippen LogP contribution in [0.2, 0.25) is 0 Å². The monoisotopic (exact) mass is 378 g/mol. The van der Waals surface area contributed by atoms with Crippen molar-refractivity contribution in [2.24, 2.45) is 15.2 Å². The summed E-state index contributed by atoms with van der Waals surface area (Å²) in [7, 11) is 1.12. The standard InChI is InChI=1S/C15H12F6N4O/c1-13(6-11(24-25-13)15(19,20)21)12(26-2)23-9-4-3-8(7-22)10(5-9)14(16,17)18/h3-5,11H,6H2,1-2H3. The number of rotatable bonds is 2. The van der Waals surface area contributed by atoms with Crippen molar-refractivity contribution in [3.8, 4) is 6.07 Å². The van der Waals surface area contributed by atoms with Crippen molar-refractivity contribution in [2.45, 2.75) is 37.3 Å². The van der Waals surface area contributed by atoms with Gasteiger partial charge in [0, 0.05) is 6.42 Å². The molecule has 0 aliphatic carbocycles. The lowest BCUT2D eigenvalue weighted by atomic mass is 9.95. The molecule has 2 unspecified atom stereocenters. The highest BCUT2D eigenvalue weighted by atomic mass is 19.4. The van der Waals surface area contributed by atoms with Crippen molar-refractivity contribution in [2.75, 3.05) is 7.11 Å². The molecule has 0 saturated carbocycles. The third-order valence-corrected chi connectivity index (χ3v) is 3.70. The molecule has 0 radical (unpaired) electrons. The Morgan fingerprint density at radius 1 is 1.31 bits per heavy atom. The van der Waals surface area contributed by atoms with E-state index in [0.29, 0.717) is 6.07 Å². The fourth-order valence-electron chi connectivity index (χ4n) is 2.40. The van der Waals surface area contributed by atoms with E-state index in [9.17, 15) is 26.3 Å². The molecule has 2 rings (SSSR count). The van der Waals surface area contributed by atoms with Gasteiger partial charge in [-0.3, -0.25) is 0 Å². The predicted octanol–water partition coefficient (Wildman–Crippen LogP) is 4.80. The lowest BCUT2D eigenvalue weighted by molar-refractivity contribution is -0.147. The molecule has 0 bridgehead atoms. The van der Waals surface area contributed by atoms with Gasteiger partial charge in [-0.2, -0.15) is 41.8 Å². The van der Waals surface area contributed by atoms with Gasteiger partial charge in [0.05, 0.1) is 30.0 Å². The van der Waals surface area contributed by atoms with Gasteiger partial charge in [0.25, 0.3) is 0 Å². The molecule has 1 aromatic carbocycles. The highest BCUT2D eigenvalue weighted by Crippen LogP contribution is 2.39. The molecule has 140 valence electrons. The topological polar surface area (TPSA) is 70.1 Å². The van der Waals surface area contributed by atoms with Crippen molar-refractivity contribution >= 4 is 11.6 Å². The summed E-state index contributed by atoms with van der Waals surface area (Å²) in [5, 5.41) is 15.5. The van der Waals surface area contributed by atoms with Gasteiger partial charge in [-0.1, -0.05) is 0 Å². The van der Waals surface area contributed by atoms with Gasteiger partial charge in [0.15, 0.2) is 11.6 Å². The lowest BCUT2D eigenvalue weighted by Gasteiger charge is -2.21. The third-order valence-electron chi connectivity index (χ3n) is 3.70. The molecule has 0 spiro atoms. The van der Waals surface area contributed by atoms with Crippen LogP contribution >= 0.6 is 0 Å². The van der Waals surface area contributed by atoms with Gasteiger partial charge >= 0.3 is 12.4 Å². The van der Waals surface area contributed by atoms with Crippen molar-refractivity contribution in [1.29, 1.82) is 5.26 Å². The zero-order valence-corrected chi connectivity index (χ0v) is 13.5. The van der Waals surface area contributed by atoms with Gasteiger partial charge in [0.1, 0.15) is 0 Å². The van der Waals surface area contributed by atoms with Gasteiger partial charge in [-0.05, 0) is 25.1 Å². The van der Waals surface area contributed by atoms with E-state index < -0.39 is 41.5 Å². The average molecular weight is 378 g/mol. The van der Waals surface area contributed by atoms with Crippen LogP contribution in [0.15, 0.2) is 33.4 Å². The largest absolute Gasteiger partial charge is 0.482 e. The fraction of sp³-hybridized carbons (Fsp3) is 0.467. The maximum atomic E-state index is 13.0. The Morgan fingerprint density at radius 2 is 1.96 bits per heavy atom. The normalized spacial score (nSPS) is 23.8. The number of hydrogen-bond donors (Lipinski definition) is 0. The maximum absolute atomic E-state index is 13.0. The Morgan fingerprint density at radius 3 is 2.42 bits per heavy atom. The van der Waals surface area contributed by atoms with E-state index in [0.717, 1.165) is 19.2 Å². The summed E-state index contributed by atoms with van der Waals surface area (Å²) < 4.78 is 82.3. The second-order valence-electron chi connectivity index (χ2n) is 5.71. The predicted molar refractivity (Wildman–Crippen MR) is 78.0 cm³/mol. The summed E-state index contributed by atoms with van der Waals surface area (Å²) in [6.45, 7) is 1.29. The first-order chi connectivity index (χ1) is 11.9. The summed E-state index contributed by atoms with van der Waals surface area (Å²) in [5.74, 6) is -0.314. The summed E-state index contributed by atoms with van der Waals surface area (Å²) >= 11 is 0. The van der Waals surface area contributed by atoms with E-state index in [1.165, 1.54) is 13.0 Å². The number of benzene rings is 1. The molecule has 11 heteroatoms. The van der Waals surface area contributed by atoms with Crippen LogP contribution in [0.25, 0.3) is 0 Å². The van der Waals surface area contributed by atoms with Crippen LogP contribution in [0.4, 0.5) is 32.0 Å². The van der Waals surface area contributed by atoms with Crippen molar-refractivity contribution < 1.29 is 31.1 Å². The van der Waals surface area contributed by atoms with Crippen molar-refractivity contribution in [3.05, 3.63) is 29.3 Å². The summed E-state index contributed by atoms with van der Waals surface area (Å²) in [5.41, 5.74) is -3.61. The molecule has 0 N–H and O–H groups in total. The summed E-state index contributed by atoms with van der Waals surface area (Å²) in [4.78, 5) is 3.86. The van der Waals surface area contributed by atoms with Gasteiger partial charge in [-0.15, -0.1) is 0 Å². The highest BCUT2D eigenvalue weighted by molar-refractivity contribution is 5.88. The molecule has 5 nitrogen and oxygen atoms in total. The number of ether oxygens (including phenoxy) is 1.